The molecule has 2 aliphatic rings. The highest BCUT2D eigenvalue weighted by atomic mass is 16.5. The van der Waals surface area contributed by atoms with E-state index in [-0.39, 0.29) is 30.9 Å². The van der Waals surface area contributed by atoms with Crippen LogP contribution >= 0.6 is 0 Å². The average molecular weight is 521 g/mol. The Kier molecular flexibility index (Phi) is 8.84. The van der Waals surface area contributed by atoms with Crippen molar-refractivity contribution in [3.63, 3.8) is 0 Å². The van der Waals surface area contributed by atoms with Gasteiger partial charge in [0.25, 0.3) is 0 Å². The van der Waals surface area contributed by atoms with E-state index in [1.54, 1.807) is 38.3 Å². The molecule has 0 bridgehead atoms. The second kappa shape index (κ2) is 12.3. The molecule has 1 fully saturated rings. The molecule has 0 unspecified atom stereocenters. The number of amides is 2. The molecule has 4 rings (SSSR count). The molecule has 1 aliphatic heterocycles. The van der Waals surface area contributed by atoms with Gasteiger partial charge in [0.1, 0.15) is 11.8 Å². The van der Waals surface area contributed by atoms with Crippen LogP contribution in [0.2, 0.25) is 0 Å². The highest BCUT2D eigenvalue weighted by molar-refractivity contribution is 6.01. The first kappa shape index (κ1) is 27.4. The number of esters is 1. The minimum absolute atomic E-state index is 0.168. The Bertz CT molecular complexity index is 1150. The number of likely N-dealkylation sites (tertiary alicyclic amines) is 1. The van der Waals surface area contributed by atoms with Gasteiger partial charge in [0, 0.05) is 11.6 Å². The van der Waals surface area contributed by atoms with Gasteiger partial charge in [0.15, 0.2) is 0 Å². The Labute approximate surface area is 223 Å². The van der Waals surface area contributed by atoms with E-state index in [9.17, 15) is 19.5 Å². The number of methoxy groups -OCH3 is 1. The largest absolute Gasteiger partial charge is 0.497 e. The number of allylic oxidation sites excluding steroid dienone is 1. The Morgan fingerprint density at radius 2 is 1.76 bits per heavy atom. The smallest absolute Gasteiger partial charge is 0.310 e. The lowest BCUT2D eigenvalue weighted by molar-refractivity contribution is -0.156. The zero-order valence-electron chi connectivity index (χ0n) is 22.1. The molecule has 1 heterocycles. The minimum atomic E-state index is -0.928. The number of rotatable bonds is 10. The average Bonchev–Trinajstić information content (AvgIpc) is 3.22. The molecule has 2 N–H and O–H groups in total. The standard InChI is InChI=1S/C30H36N2O6/c1-4-9-20-12-17-23-26(25(20)30(36)38-5-2)29(35)32(24(18-33)19-10-7-6-8-11-19)27(23)28(34)31-21-13-15-22(37-3)16-14-21/h6-8,10-17,20,23-27,33H,4-5,9,18H2,1-3H3,(H,31,34)/t20-,23+,24-,25-,26-,27+/m1/s1. The maximum absolute atomic E-state index is 14.2. The van der Waals surface area contributed by atoms with E-state index in [4.69, 9.17) is 9.47 Å². The molecule has 38 heavy (non-hydrogen) atoms. The number of fused-ring (bicyclic) bond motifs is 1. The van der Waals surface area contributed by atoms with Gasteiger partial charge in [-0.2, -0.15) is 0 Å². The third-order valence-electron chi connectivity index (χ3n) is 7.55. The molecular weight excluding hydrogens is 484 g/mol. The summed E-state index contributed by atoms with van der Waals surface area (Å²) in [4.78, 5) is 42.8. The lowest BCUT2D eigenvalue weighted by Gasteiger charge is -2.34. The first-order valence-corrected chi connectivity index (χ1v) is 13.2. The van der Waals surface area contributed by atoms with Gasteiger partial charge in [-0.25, -0.2) is 0 Å². The number of nitrogens with zero attached hydrogens (tertiary/aromatic N) is 1. The highest BCUT2D eigenvalue weighted by Crippen LogP contribution is 2.48. The van der Waals surface area contributed by atoms with E-state index in [0.717, 1.165) is 12.8 Å². The zero-order chi connectivity index (χ0) is 27.2. The molecule has 0 saturated carbocycles. The third-order valence-corrected chi connectivity index (χ3v) is 7.55. The molecule has 0 radical (unpaired) electrons. The molecule has 202 valence electrons. The van der Waals surface area contributed by atoms with Crippen molar-refractivity contribution >= 4 is 23.5 Å². The maximum atomic E-state index is 14.2. The number of hydrogen-bond donors (Lipinski definition) is 2. The number of anilines is 1. The number of hydrogen-bond acceptors (Lipinski definition) is 6. The van der Waals surface area contributed by atoms with Crippen LogP contribution in [0, 0.1) is 23.7 Å². The summed E-state index contributed by atoms with van der Waals surface area (Å²) in [6.45, 7) is 3.62. The summed E-state index contributed by atoms with van der Waals surface area (Å²) in [6.07, 6.45) is 5.44. The van der Waals surface area contributed by atoms with Gasteiger partial charge in [0.2, 0.25) is 11.8 Å². The van der Waals surface area contributed by atoms with E-state index >= 15 is 0 Å². The van der Waals surface area contributed by atoms with Crippen LogP contribution < -0.4 is 10.1 Å². The molecule has 2 aromatic carbocycles. The monoisotopic (exact) mass is 520 g/mol. The van der Waals surface area contributed by atoms with Crippen molar-refractivity contribution in [2.24, 2.45) is 23.7 Å². The number of aliphatic hydroxyl groups is 1. The summed E-state index contributed by atoms with van der Waals surface area (Å²) in [5, 5.41) is 13.4. The van der Waals surface area contributed by atoms with Gasteiger partial charge in [-0.3, -0.25) is 14.4 Å². The van der Waals surface area contributed by atoms with Gasteiger partial charge in [-0.15, -0.1) is 0 Å². The molecular formula is C30H36N2O6. The summed E-state index contributed by atoms with van der Waals surface area (Å²) in [5.74, 6) is -2.66. The fourth-order valence-electron chi connectivity index (χ4n) is 5.87. The topological polar surface area (TPSA) is 105 Å². The van der Waals surface area contributed by atoms with Crippen molar-refractivity contribution in [3.05, 3.63) is 72.3 Å². The number of ether oxygens (including phenoxy) is 2. The molecule has 2 amide bonds. The van der Waals surface area contributed by atoms with E-state index < -0.39 is 35.8 Å². The molecule has 8 nitrogen and oxygen atoms in total. The summed E-state index contributed by atoms with van der Waals surface area (Å²) in [6, 6.07) is 14.4. The Balaban J connectivity index is 1.77. The zero-order valence-corrected chi connectivity index (χ0v) is 22.1. The fourth-order valence-corrected chi connectivity index (χ4v) is 5.87. The number of carbonyl (C=O) groups is 3. The molecule has 1 aliphatic carbocycles. The SMILES string of the molecule is CCC[C@@H]1C=C[C@H]2[C@@H](C(=O)N([C@H](CO)c3ccccc3)[C@@H]2C(=O)Nc2ccc(OC)cc2)[C@@H]1C(=O)OCC. The van der Waals surface area contributed by atoms with Crippen molar-refractivity contribution in [3.8, 4) is 5.75 Å². The number of carbonyl (C=O) groups excluding carboxylic acids is 3. The van der Waals surface area contributed by atoms with Crippen molar-refractivity contribution in [2.45, 2.75) is 38.8 Å². The molecule has 8 heteroatoms. The molecule has 0 spiro atoms. The van der Waals surface area contributed by atoms with Crippen LogP contribution in [-0.4, -0.2) is 54.2 Å². The summed E-state index contributed by atoms with van der Waals surface area (Å²) < 4.78 is 10.6. The van der Waals surface area contributed by atoms with Crippen LogP contribution in [0.25, 0.3) is 0 Å². The minimum Gasteiger partial charge on any atom is -0.497 e. The number of aliphatic hydroxyl groups excluding tert-OH is 1. The summed E-state index contributed by atoms with van der Waals surface area (Å²) in [7, 11) is 1.57. The predicted octanol–water partition coefficient (Wildman–Crippen LogP) is 3.98. The van der Waals surface area contributed by atoms with Crippen molar-refractivity contribution < 1.29 is 29.0 Å². The lowest BCUT2D eigenvalue weighted by atomic mass is 9.69. The predicted molar refractivity (Wildman–Crippen MR) is 143 cm³/mol. The molecule has 6 atom stereocenters. The van der Waals surface area contributed by atoms with Gasteiger partial charge >= 0.3 is 5.97 Å². The van der Waals surface area contributed by atoms with Crippen LogP contribution in [-0.2, 0) is 19.1 Å². The second-order valence-corrected chi connectivity index (χ2v) is 9.74. The quantitative estimate of drug-likeness (QED) is 0.363. The van der Waals surface area contributed by atoms with Gasteiger partial charge in [-0.1, -0.05) is 55.8 Å². The van der Waals surface area contributed by atoms with E-state index in [2.05, 4.69) is 5.32 Å². The second-order valence-electron chi connectivity index (χ2n) is 9.74. The fraction of sp³-hybridized carbons (Fsp3) is 0.433. The Morgan fingerprint density at radius 1 is 1.05 bits per heavy atom. The molecule has 2 aromatic rings. The maximum Gasteiger partial charge on any atom is 0.310 e. The third kappa shape index (κ3) is 5.31. The van der Waals surface area contributed by atoms with Gasteiger partial charge in [0.05, 0.1) is 38.2 Å². The van der Waals surface area contributed by atoms with Crippen LogP contribution in [0.1, 0.15) is 38.3 Å². The van der Waals surface area contributed by atoms with Gasteiger partial charge < -0.3 is 24.8 Å². The first-order chi connectivity index (χ1) is 18.4. The van der Waals surface area contributed by atoms with Crippen LogP contribution in [0.5, 0.6) is 5.75 Å². The normalized spacial score (nSPS) is 25.0. The Hall–Kier alpha value is -3.65. The van der Waals surface area contributed by atoms with E-state index in [1.165, 1.54) is 4.90 Å². The van der Waals surface area contributed by atoms with Crippen LogP contribution in [0.3, 0.4) is 0 Å². The molecule has 1 saturated heterocycles. The number of benzene rings is 2. The Morgan fingerprint density at radius 3 is 2.37 bits per heavy atom. The summed E-state index contributed by atoms with van der Waals surface area (Å²) >= 11 is 0. The van der Waals surface area contributed by atoms with E-state index in [1.807, 2.05) is 49.4 Å². The first-order valence-electron chi connectivity index (χ1n) is 13.2. The van der Waals surface area contributed by atoms with Gasteiger partial charge in [-0.05, 0) is 49.1 Å². The van der Waals surface area contributed by atoms with Crippen molar-refractivity contribution in [2.75, 3.05) is 25.6 Å². The van der Waals surface area contributed by atoms with Crippen LogP contribution in [0.4, 0.5) is 5.69 Å². The van der Waals surface area contributed by atoms with Crippen LogP contribution in [0.15, 0.2) is 66.7 Å². The lowest BCUT2D eigenvalue weighted by Crippen LogP contribution is -2.46. The van der Waals surface area contributed by atoms with Crippen molar-refractivity contribution in [1.82, 2.24) is 4.90 Å². The molecule has 0 aromatic heterocycles. The summed E-state index contributed by atoms with van der Waals surface area (Å²) in [5.41, 5.74) is 1.27. The number of nitrogens with one attached hydrogen (secondary N) is 1. The van der Waals surface area contributed by atoms with E-state index in [0.29, 0.717) is 17.0 Å². The van der Waals surface area contributed by atoms with Crippen molar-refractivity contribution in [1.29, 1.82) is 0 Å². The highest BCUT2D eigenvalue weighted by Gasteiger charge is 2.59.